The van der Waals surface area contributed by atoms with Crippen molar-refractivity contribution in [1.82, 2.24) is 0 Å². The summed E-state index contributed by atoms with van der Waals surface area (Å²) in [6, 6.07) is 54.4. The molecular weight excluding hydrogens is 643 g/mol. The van der Waals surface area contributed by atoms with Gasteiger partial charge in [-0.05, 0) is 152 Å². The van der Waals surface area contributed by atoms with E-state index in [0.29, 0.717) is 0 Å². The summed E-state index contributed by atoms with van der Waals surface area (Å²) < 4.78 is 6.36. The maximum atomic E-state index is 6.36. The van der Waals surface area contributed by atoms with Gasteiger partial charge in [-0.25, -0.2) is 0 Å². The molecule has 0 saturated carbocycles. The Morgan fingerprint density at radius 3 is 1.70 bits per heavy atom. The summed E-state index contributed by atoms with van der Waals surface area (Å²) in [6.45, 7) is 11.6. The van der Waals surface area contributed by atoms with Crippen molar-refractivity contribution in [2.75, 3.05) is 4.90 Å². The van der Waals surface area contributed by atoms with E-state index >= 15 is 0 Å². The van der Waals surface area contributed by atoms with Crippen LogP contribution in [0.4, 0.5) is 17.1 Å². The third-order valence-corrected chi connectivity index (χ3v) is 12.4. The van der Waals surface area contributed by atoms with Crippen LogP contribution in [0.5, 0.6) is 0 Å². The second-order valence-electron chi connectivity index (χ2n) is 16.3. The van der Waals surface area contributed by atoms with Crippen LogP contribution in [0.2, 0.25) is 0 Å². The molecule has 11 rings (SSSR count). The second-order valence-corrected chi connectivity index (χ2v) is 16.3. The molecule has 2 nitrogen and oxygen atoms in total. The lowest BCUT2D eigenvalue weighted by Gasteiger charge is -2.28. The third kappa shape index (κ3) is 4.27. The lowest BCUT2D eigenvalue weighted by Crippen LogP contribution is -2.16. The number of hydrogen-bond donors (Lipinski definition) is 0. The van der Waals surface area contributed by atoms with Crippen molar-refractivity contribution in [3.63, 3.8) is 0 Å². The monoisotopic (exact) mass is 681 g/mol. The maximum absolute atomic E-state index is 6.36. The predicted molar refractivity (Wildman–Crippen MR) is 223 cm³/mol. The first-order valence-corrected chi connectivity index (χ1v) is 18.7. The van der Waals surface area contributed by atoms with E-state index in [-0.39, 0.29) is 10.8 Å². The van der Waals surface area contributed by atoms with Crippen molar-refractivity contribution < 1.29 is 4.42 Å². The Morgan fingerprint density at radius 1 is 0.396 bits per heavy atom. The van der Waals surface area contributed by atoms with Gasteiger partial charge < -0.3 is 9.32 Å². The first kappa shape index (κ1) is 30.5. The minimum Gasteiger partial charge on any atom is -0.456 e. The molecule has 0 bridgehead atoms. The number of benzene rings is 8. The van der Waals surface area contributed by atoms with Crippen LogP contribution >= 0.6 is 0 Å². The fourth-order valence-corrected chi connectivity index (χ4v) is 9.51. The van der Waals surface area contributed by atoms with Gasteiger partial charge in [-0.15, -0.1) is 0 Å². The SMILES string of the molecule is Cc1ccc(N(c2ccc3c(c2)C(C)(C)c2cc4oc5ccccc5c4cc2-3)c2ccc3cc4c(cc3c2)C(C)(C)c2cc3ccccc3cc2-4)cc1. The van der Waals surface area contributed by atoms with Gasteiger partial charge in [0.1, 0.15) is 11.2 Å². The van der Waals surface area contributed by atoms with Gasteiger partial charge in [-0.3, -0.25) is 0 Å². The van der Waals surface area contributed by atoms with E-state index in [1.54, 1.807) is 0 Å². The molecule has 8 aromatic carbocycles. The van der Waals surface area contributed by atoms with E-state index in [4.69, 9.17) is 4.42 Å². The Balaban J connectivity index is 1.06. The standard InChI is InChI=1S/C51H39NO/c1-30-14-17-35(18-15-30)52(37-20-21-38-42-28-43-39-12-8-9-13-48(39)53-49(43)29-47(42)51(4,5)46(38)27-37)36-19-16-33-24-41-40-23-31-10-6-7-11-32(31)25-44(40)50(2,3)45(41)26-34(33)22-36/h6-29H,1-5H3. The molecule has 0 fully saturated rings. The highest BCUT2D eigenvalue weighted by Gasteiger charge is 2.38. The van der Waals surface area contributed by atoms with Gasteiger partial charge in [0, 0.05) is 38.7 Å². The summed E-state index contributed by atoms with van der Waals surface area (Å²) in [5.74, 6) is 0. The third-order valence-electron chi connectivity index (χ3n) is 12.4. The molecule has 0 N–H and O–H groups in total. The summed E-state index contributed by atoms with van der Waals surface area (Å²) in [4.78, 5) is 2.43. The number of furan rings is 1. The Hall–Kier alpha value is -6.12. The molecule has 0 aliphatic heterocycles. The quantitative estimate of drug-likeness (QED) is 0.185. The molecule has 254 valence electrons. The Morgan fingerprint density at radius 2 is 0.943 bits per heavy atom. The number of nitrogens with zero attached hydrogens (tertiary/aromatic N) is 1. The summed E-state index contributed by atoms with van der Waals surface area (Å²) in [7, 11) is 0. The van der Waals surface area contributed by atoms with Crippen LogP contribution in [0, 0.1) is 6.92 Å². The van der Waals surface area contributed by atoms with E-state index in [1.165, 1.54) is 82.4 Å². The van der Waals surface area contributed by atoms with Gasteiger partial charge >= 0.3 is 0 Å². The van der Waals surface area contributed by atoms with Gasteiger partial charge in [0.15, 0.2) is 0 Å². The summed E-state index contributed by atoms with van der Waals surface area (Å²) in [5, 5.41) is 7.46. The summed E-state index contributed by atoms with van der Waals surface area (Å²) >= 11 is 0. The molecule has 1 aromatic heterocycles. The van der Waals surface area contributed by atoms with Crippen LogP contribution in [0.3, 0.4) is 0 Å². The molecule has 1 heterocycles. The summed E-state index contributed by atoms with van der Waals surface area (Å²) in [6.07, 6.45) is 0. The second kappa shape index (κ2) is 10.5. The molecule has 0 unspecified atom stereocenters. The maximum Gasteiger partial charge on any atom is 0.135 e. The number of fused-ring (bicyclic) bond motifs is 11. The molecule has 2 aliphatic carbocycles. The number of para-hydroxylation sites is 1. The van der Waals surface area contributed by atoms with Gasteiger partial charge in [0.2, 0.25) is 0 Å². The van der Waals surface area contributed by atoms with Crippen LogP contribution < -0.4 is 4.90 Å². The molecule has 0 atom stereocenters. The smallest absolute Gasteiger partial charge is 0.135 e. The zero-order valence-corrected chi connectivity index (χ0v) is 30.7. The van der Waals surface area contributed by atoms with Crippen molar-refractivity contribution >= 4 is 60.5 Å². The summed E-state index contributed by atoms with van der Waals surface area (Å²) in [5.41, 5.74) is 17.1. The Kier molecular flexibility index (Phi) is 6.03. The lowest BCUT2D eigenvalue weighted by atomic mass is 9.81. The lowest BCUT2D eigenvalue weighted by molar-refractivity contribution is 0.647. The molecule has 0 radical (unpaired) electrons. The topological polar surface area (TPSA) is 16.4 Å². The molecule has 2 heteroatoms. The fraction of sp³-hybridized carbons (Fsp3) is 0.137. The van der Waals surface area contributed by atoms with Crippen LogP contribution in [0.25, 0.3) is 65.7 Å². The van der Waals surface area contributed by atoms with Crippen molar-refractivity contribution in [1.29, 1.82) is 0 Å². The predicted octanol–water partition coefficient (Wildman–Crippen LogP) is 14.3. The van der Waals surface area contributed by atoms with E-state index in [0.717, 1.165) is 28.2 Å². The van der Waals surface area contributed by atoms with E-state index in [1.807, 2.05) is 6.07 Å². The van der Waals surface area contributed by atoms with E-state index in [9.17, 15) is 0 Å². The van der Waals surface area contributed by atoms with Gasteiger partial charge in [0.05, 0.1) is 0 Å². The first-order chi connectivity index (χ1) is 25.6. The molecule has 0 spiro atoms. The highest BCUT2D eigenvalue weighted by molar-refractivity contribution is 6.08. The average molecular weight is 682 g/mol. The minimum atomic E-state index is -0.192. The number of hydrogen-bond acceptors (Lipinski definition) is 2. The van der Waals surface area contributed by atoms with Crippen LogP contribution in [0.1, 0.15) is 55.5 Å². The van der Waals surface area contributed by atoms with Gasteiger partial charge in [-0.2, -0.15) is 0 Å². The van der Waals surface area contributed by atoms with Crippen molar-refractivity contribution in [3.05, 3.63) is 173 Å². The average Bonchev–Trinajstić information content (AvgIpc) is 3.72. The van der Waals surface area contributed by atoms with Crippen molar-refractivity contribution in [3.8, 4) is 22.3 Å². The van der Waals surface area contributed by atoms with Gasteiger partial charge in [0.25, 0.3) is 0 Å². The first-order valence-electron chi connectivity index (χ1n) is 18.7. The largest absolute Gasteiger partial charge is 0.456 e. The highest BCUT2D eigenvalue weighted by atomic mass is 16.3. The van der Waals surface area contributed by atoms with Gasteiger partial charge in [-0.1, -0.05) is 100.0 Å². The number of anilines is 3. The fourth-order valence-electron chi connectivity index (χ4n) is 9.51. The molecule has 9 aromatic rings. The molecule has 53 heavy (non-hydrogen) atoms. The molecule has 0 amide bonds. The normalized spacial score (nSPS) is 14.8. The van der Waals surface area contributed by atoms with E-state index in [2.05, 4.69) is 179 Å². The van der Waals surface area contributed by atoms with E-state index < -0.39 is 0 Å². The zero-order chi connectivity index (χ0) is 35.8. The van der Waals surface area contributed by atoms with Crippen molar-refractivity contribution in [2.24, 2.45) is 0 Å². The van der Waals surface area contributed by atoms with Crippen LogP contribution in [-0.2, 0) is 10.8 Å². The molecule has 2 aliphatic rings. The highest BCUT2D eigenvalue weighted by Crippen LogP contribution is 2.54. The number of rotatable bonds is 3. The Bertz CT molecular complexity index is 3010. The molecule has 0 saturated heterocycles. The van der Waals surface area contributed by atoms with Crippen molar-refractivity contribution in [2.45, 2.75) is 45.4 Å². The Labute approximate surface area is 309 Å². The zero-order valence-electron chi connectivity index (χ0n) is 30.7. The van der Waals surface area contributed by atoms with Crippen LogP contribution in [0.15, 0.2) is 150 Å². The minimum absolute atomic E-state index is 0.0938. The number of aryl methyl sites for hydroxylation is 1. The molecular formula is C51H39NO. The van der Waals surface area contributed by atoms with Crippen LogP contribution in [-0.4, -0.2) is 0 Å².